The Bertz CT molecular complexity index is 2560. The molecule has 6 aromatic carbocycles. The van der Waals surface area contributed by atoms with Crippen molar-refractivity contribution < 1.29 is 87.8 Å². The maximum Gasteiger partial charge on any atom is 0.200 e. The molecular formula is C44H27B2F20P. The fraction of sp³-hybridized carbons (Fsp3) is 0.182. The molecule has 0 N–H and O–H groups in total. The second-order valence-electron chi connectivity index (χ2n) is 16.1. The minimum atomic E-state index is -5.48. The minimum Gasteiger partial charge on any atom is -0.207 e. The molecule has 1 atom stereocenters. The van der Waals surface area contributed by atoms with Gasteiger partial charge in [-0.15, -0.1) is 16.6 Å². The normalized spacial score (nSPS) is 12.3. The van der Waals surface area contributed by atoms with Crippen molar-refractivity contribution in [1.82, 2.24) is 0 Å². The van der Waals surface area contributed by atoms with Crippen molar-refractivity contribution in [2.24, 2.45) is 0 Å². The van der Waals surface area contributed by atoms with E-state index in [1.54, 1.807) is 13.8 Å². The molecule has 0 aliphatic heterocycles. The number of hydrogen-bond donors (Lipinski definition) is 0. The largest absolute Gasteiger partial charge is 0.207 e. The third kappa shape index (κ3) is 8.24. The van der Waals surface area contributed by atoms with E-state index < -0.39 is 171 Å². The van der Waals surface area contributed by atoms with Crippen molar-refractivity contribution >= 4 is 53.8 Å². The van der Waals surface area contributed by atoms with Gasteiger partial charge in [0.25, 0.3) is 0 Å². The van der Waals surface area contributed by atoms with Crippen molar-refractivity contribution in [1.29, 1.82) is 0 Å². The molecule has 0 radical (unpaired) electrons. The van der Waals surface area contributed by atoms with Crippen molar-refractivity contribution in [3.63, 3.8) is 0 Å². The average Bonchev–Trinajstić information content (AvgIpc) is 3.26. The topological polar surface area (TPSA) is 0 Å². The summed E-state index contributed by atoms with van der Waals surface area (Å²) in [7, 11) is -3.49. The van der Waals surface area contributed by atoms with Gasteiger partial charge >= 0.3 is 0 Å². The highest BCUT2D eigenvalue weighted by Gasteiger charge is 2.49. The van der Waals surface area contributed by atoms with Crippen molar-refractivity contribution in [2.75, 3.05) is 6.16 Å². The van der Waals surface area contributed by atoms with Crippen molar-refractivity contribution in [3.05, 3.63) is 174 Å². The summed E-state index contributed by atoms with van der Waals surface area (Å²) in [6.45, 7) is -0.814. The number of rotatable bonds is 10. The Morgan fingerprint density at radius 3 is 0.791 bits per heavy atom. The molecule has 23 heteroatoms. The first-order chi connectivity index (χ1) is 31.1. The lowest BCUT2D eigenvalue weighted by atomic mass is 9.15. The summed E-state index contributed by atoms with van der Waals surface area (Å²) in [5.41, 5.74) is -12.4. The van der Waals surface area contributed by atoms with Crippen LogP contribution in [0.1, 0.15) is 33.4 Å². The van der Waals surface area contributed by atoms with Crippen LogP contribution in [0.4, 0.5) is 87.8 Å². The Kier molecular flexibility index (Phi) is 14.1. The van der Waals surface area contributed by atoms with E-state index in [0.29, 0.717) is 11.1 Å². The molecule has 0 spiro atoms. The molecule has 0 nitrogen and oxygen atoms in total. The predicted octanol–water partition coefficient (Wildman–Crippen LogP) is 9.74. The van der Waals surface area contributed by atoms with E-state index in [1.807, 2.05) is 0 Å². The Labute approximate surface area is 368 Å². The number of hydrogen-bond acceptors (Lipinski definition) is 0. The number of halogens is 20. The van der Waals surface area contributed by atoms with Gasteiger partial charge in [0.1, 0.15) is 33.9 Å². The molecule has 6 rings (SSSR count). The van der Waals surface area contributed by atoms with Crippen LogP contribution in [-0.4, -0.2) is 19.6 Å². The zero-order valence-electron chi connectivity index (χ0n) is 34.9. The van der Waals surface area contributed by atoms with Gasteiger partial charge in [-0.2, -0.15) is 0 Å². The summed E-state index contributed by atoms with van der Waals surface area (Å²) < 4.78 is 314. The second kappa shape index (κ2) is 18.5. The maximum absolute atomic E-state index is 16.5. The molecule has 354 valence electrons. The SMILES string of the molecule is Cc1cc(C)c([PH+](C[C@@H](B(c2c(F)c(F)c(F)c(F)c2F)c2c(F)c(F)c(F)c(F)c2F)[BH-](c2c(F)c(F)c(F)c(F)c2F)c2c(F)c(F)c(F)c(F)c2F)c2c(C)cc(C)cc2C)c(C)c1. The van der Waals surface area contributed by atoms with Gasteiger partial charge < -0.3 is 0 Å². The standard InChI is InChI=1S/C44H26B2F20P/c1-12-7-14(3)43(15(4)8-12)67(44-16(5)9-13(2)10-17(44)6)11-18(45(19-23(47)31(55)39(63)32(56)24(19)48)20-25(49)33(57)40(64)34(58)26(20)50)46(21-27(51)35(59)41(65)36(60)28(21)52)22-29(53)37(61)42(66)38(62)30(22)54/h7-10,18,45H,11H2,1-6H3/q-1/p+1/t18-/m1/s1. The van der Waals surface area contributed by atoms with Crippen LogP contribution in [0.15, 0.2) is 24.3 Å². The van der Waals surface area contributed by atoms with Gasteiger partial charge in [0.15, 0.2) is 99.8 Å². The smallest absolute Gasteiger partial charge is 0.200 e. The van der Waals surface area contributed by atoms with Crippen LogP contribution in [0.25, 0.3) is 0 Å². The van der Waals surface area contributed by atoms with Crippen LogP contribution in [0.2, 0.25) is 5.72 Å². The highest BCUT2D eigenvalue weighted by atomic mass is 31.1. The molecule has 0 heterocycles. The molecule has 67 heavy (non-hydrogen) atoms. The number of aryl methyl sites for hydroxylation is 6. The first kappa shape index (κ1) is 50.9. The van der Waals surface area contributed by atoms with E-state index >= 15 is 70.2 Å². The summed E-state index contributed by atoms with van der Waals surface area (Å²) in [5.74, 6) is -62.3. The first-order valence-corrected chi connectivity index (χ1v) is 21.1. The Morgan fingerprint density at radius 1 is 0.343 bits per heavy atom. The van der Waals surface area contributed by atoms with Gasteiger partial charge in [-0.05, 0) is 74.7 Å². The molecule has 0 amide bonds. The van der Waals surface area contributed by atoms with Gasteiger partial charge in [-0.3, -0.25) is 0 Å². The van der Waals surface area contributed by atoms with Crippen molar-refractivity contribution in [3.8, 4) is 0 Å². The lowest BCUT2D eigenvalue weighted by Crippen LogP contribution is -2.64. The van der Waals surface area contributed by atoms with Crippen LogP contribution in [-0.2, 0) is 0 Å². The van der Waals surface area contributed by atoms with E-state index in [4.69, 9.17) is 0 Å². The van der Waals surface area contributed by atoms with Gasteiger partial charge in [0, 0.05) is 6.16 Å². The lowest BCUT2D eigenvalue weighted by Gasteiger charge is -2.40. The highest BCUT2D eigenvalue weighted by Crippen LogP contribution is 2.45. The molecule has 0 aliphatic rings. The zero-order valence-corrected chi connectivity index (χ0v) is 35.9. The van der Waals surface area contributed by atoms with E-state index in [2.05, 4.69) is 0 Å². The summed E-state index contributed by atoms with van der Waals surface area (Å²) >= 11 is 0. The maximum atomic E-state index is 16.5. The quantitative estimate of drug-likeness (QED) is 0.0422. The van der Waals surface area contributed by atoms with Crippen LogP contribution in [0.5, 0.6) is 0 Å². The minimum absolute atomic E-state index is 0.0391. The third-order valence-electron chi connectivity index (χ3n) is 11.9. The fourth-order valence-electron chi connectivity index (χ4n) is 9.48. The molecule has 0 bridgehead atoms. The van der Waals surface area contributed by atoms with E-state index in [0.717, 1.165) is 0 Å². The highest BCUT2D eigenvalue weighted by molar-refractivity contribution is 7.73. The van der Waals surface area contributed by atoms with Crippen molar-refractivity contribution in [2.45, 2.75) is 47.3 Å². The molecule has 0 unspecified atom stereocenters. The van der Waals surface area contributed by atoms with E-state index in [-0.39, 0.29) is 32.9 Å². The molecule has 0 aliphatic carbocycles. The van der Waals surface area contributed by atoms with Crippen LogP contribution < -0.4 is 32.5 Å². The van der Waals surface area contributed by atoms with Crippen LogP contribution >= 0.6 is 7.92 Å². The Morgan fingerprint density at radius 2 is 0.552 bits per heavy atom. The third-order valence-corrected chi connectivity index (χ3v) is 15.6. The molecule has 0 saturated carbocycles. The fourth-order valence-corrected chi connectivity index (χ4v) is 13.4. The summed E-state index contributed by atoms with van der Waals surface area (Å²) in [4.78, 5) is 0. The Balaban J connectivity index is 2.02. The molecule has 0 saturated heterocycles. The molecular weight excluding hydrogens is 961 g/mol. The Hall–Kier alpha value is -5.52. The molecule has 6 aromatic rings. The predicted molar refractivity (Wildman–Crippen MR) is 214 cm³/mol. The molecule has 0 aromatic heterocycles. The van der Waals surface area contributed by atoms with Gasteiger partial charge in [0.2, 0.25) is 0 Å². The van der Waals surface area contributed by atoms with Gasteiger partial charge in [-0.1, -0.05) is 35.4 Å². The summed E-state index contributed by atoms with van der Waals surface area (Å²) in [6, 6.07) is 5.80. The average molecular weight is 988 g/mol. The molecule has 0 fully saturated rings. The monoisotopic (exact) mass is 988 g/mol. The summed E-state index contributed by atoms with van der Waals surface area (Å²) in [5, 5.41) is 0.0781. The van der Waals surface area contributed by atoms with Gasteiger partial charge in [-0.25, -0.2) is 87.8 Å². The summed E-state index contributed by atoms with van der Waals surface area (Å²) in [6.07, 6.45) is -1.57. The zero-order chi connectivity index (χ0) is 50.3. The number of benzene rings is 6. The second-order valence-corrected chi connectivity index (χ2v) is 18.5. The van der Waals surface area contributed by atoms with Crippen LogP contribution in [0, 0.1) is 158 Å². The van der Waals surface area contributed by atoms with E-state index in [9.17, 15) is 17.6 Å². The van der Waals surface area contributed by atoms with E-state index in [1.165, 1.54) is 52.0 Å². The van der Waals surface area contributed by atoms with Crippen LogP contribution in [0.3, 0.4) is 0 Å². The first-order valence-electron chi connectivity index (χ1n) is 19.4. The lowest BCUT2D eigenvalue weighted by molar-refractivity contribution is 0.381. The van der Waals surface area contributed by atoms with Gasteiger partial charge in [0.05, 0.1) is 14.6 Å².